The Morgan fingerprint density at radius 1 is 1.03 bits per heavy atom. The van der Waals surface area contributed by atoms with Crippen LogP contribution in [-0.2, 0) is 9.47 Å². The van der Waals surface area contributed by atoms with Gasteiger partial charge in [-0.3, -0.25) is 16.7 Å². The average Bonchev–Trinajstić information content (AvgIpc) is 3.25. The molecule has 8 nitrogen and oxygen atoms in total. The summed E-state index contributed by atoms with van der Waals surface area (Å²) in [5.74, 6) is -1.05. The topological polar surface area (TPSA) is 112 Å². The van der Waals surface area contributed by atoms with Crippen LogP contribution in [0.2, 0.25) is 0 Å². The fourth-order valence-electron chi connectivity index (χ4n) is 2.34. The zero-order valence-electron chi connectivity index (χ0n) is 17.1. The molecule has 0 aliphatic carbocycles. The minimum absolute atomic E-state index is 0. The van der Waals surface area contributed by atoms with Gasteiger partial charge in [-0.2, -0.15) is 0 Å². The summed E-state index contributed by atoms with van der Waals surface area (Å²) >= 11 is 6.49. The van der Waals surface area contributed by atoms with Gasteiger partial charge in [-0.1, -0.05) is 31.9 Å². The third-order valence-corrected chi connectivity index (χ3v) is 4.82. The molecule has 3 rings (SSSR count). The smallest absolute Gasteiger partial charge is 1.00 e. The summed E-state index contributed by atoms with van der Waals surface area (Å²) in [5.41, 5.74) is 1.02. The Labute approximate surface area is 228 Å². The summed E-state index contributed by atoms with van der Waals surface area (Å²) in [4.78, 5) is 35.4. The van der Waals surface area contributed by atoms with Crippen LogP contribution in [0.3, 0.4) is 0 Å². The monoisotopic (exact) mass is 642 g/mol. The van der Waals surface area contributed by atoms with E-state index in [9.17, 15) is 19.7 Å². The van der Waals surface area contributed by atoms with Crippen molar-refractivity contribution in [2.24, 2.45) is 0 Å². The number of nitrogens with one attached hydrogen (secondary N) is 1. The van der Waals surface area contributed by atoms with Crippen LogP contribution in [0, 0.1) is 16.7 Å². The van der Waals surface area contributed by atoms with E-state index in [-0.39, 0.29) is 57.3 Å². The Morgan fingerprint density at radius 2 is 1.56 bits per heavy atom. The number of methoxy groups -OCH3 is 2. The van der Waals surface area contributed by atoms with Gasteiger partial charge in [0.1, 0.15) is 5.56 Å². The first kappa shape index (κ1) is 32.4. The number of benzene rings is 2. The van der Waals surface area contributed by atoms with Crippen molar-refractivity contribution >= 4 is 83.4 Å². The van der Waals surface area contributed by atoms with Crippen molar-refractivity contribution < 1.29 is 41.0 Å². The van der Waals surface area contributed by atoms with E-state index in [1.54, 1.807) is 18.3 Å². The summed E-state index contributed by atoms with van der Waals surface area (Å²) in [5, 5.41) is 11.6. The molecule has 0 fully saturated rings. The SMILES string of the molecule is COC(=O)c1ccc(Br)c2cc[nH]c12.COC(=O)c1ccc(Br)cc1[N+](=O)[O-].[Br-].[CH-]=C.[Mg+2]. The van der Waals surface area contributed by atoms with Gasteiger partial charge in [0.15, 0.2) is 0 Å². The molecule has 0 aliphatic rings. The van der Waals surface area contributed by atoms with Crippen molar-refractivity contribution in [2.45, 2.75) is 0 Å². The quantitative estimate of drug-likeness (QED) is 0.154. The van der Waals surface area contributed by atoms with Crippen LogP contribution in [0.15, 0.2) is 58.1 Å². The number of nitro benzene ring substituents is 1. The van der Waals surface area contributed by atoms with E-state index in [0.717, 1.165) is 15.4 Å². The minimum Gasteiger partial charge on any atom is -1.00 e. The number of H-pyrrole nitrogens is 1. The van der Waals surface area contributed by atoms with E-state index >= 15 is 0 Å². The number of carbonyl (C=O) groups excluding carboxylic acids is 2. The average molecular weight is 645 g/mol. The van der Waals surface area contributed by atoms with Crippen molar-refractivity contribution in [3.8, 4) is 0 Å². The first-order chi connectivity index (χ1) is 14.3. The molecular weight excluding hydrogens is 628 g/mol. The number of ether oxygens (including phenoxy) is 2. The number of aromatic amines is 1. The molecule has 0 spiro atoms. The van der Waals surface area contributed by atoms with E-state index in [2.05, 4.69) is 59.5 Å². The predicted octanol–water partition coefficient (Wildman–Crippen LogP) is 2.09. The van der Waals surface area contributed by atoms with Gasteiger partial charge < -0.3 is 38.0 Å². The molecule has 0 saturated heterocycles. The molecular formula is C20H17Br3MgN2O6. The second-order valence-electron chi connectivity index (χ2n) is 5.26. The van der Waals surface area contributed by atoms with Crippen molar-refractivity contribution in [1.82, 2.24) is 4.98 Å². The normalized spacial score (nSPS) is 8.88. The number of hydrogen-bond donors (Lipinski definition) is 1. The van der Waals surface area contributed by atoms with Crippen LogP contribution >= 0.6 is 31.9 Å². The fourth-order valence-corrected chi connectivity index (χ4v) is 3.15. The van der Waals surface area contributed by atoms with E-state index in [1.165, 1.54) is 26.4 Å². The van der Waals surface area contributed by atoms with E-state index in [1.807, 2.05) is 12.1 Å². The van der Waals surface area contributed by atoms with Crippen LogP contribution in [-0.4, -0.2) is 59.1 Å². The van der Waals surface area contributed by atoms with Gasteiger partial charge in [0, 0.05) is 26.6 Å². The number of fused-ring (bicyclic) bond motifs is 1. The van der Waals surface area contributed by atoms with Gasteiger partial charge in [-0.05, 0) is 30.3 Å². The Morgan fingerprint density at radius 3 is 2.09 bits per heavy atom. The van der Waals surface area contributed by atoms with Gasteiger partial charge in [0.25, 0.3) is 5.69 Å². The Bertz CT molecular complexity index is 1070. The van der Waals surface area contributed by atoms with Crippen molar-refractivity contribution in [3.63, 3.8) is 0 Å². The number of halogens is 3. The Hall–Kier alpha value is -1.73. The van der Waals surface area contributed by atoms with Crippen LogP contribution < -0.4 is 17.0 Å². The molecule has 166 valence electrons. The largest absolute Gasteiger partial charge is 2.00 e. The van der Waals surface area contributed by atoms with Crippen LogP contribution in [0.5, 0.6) is 0 Å². The number of rotatable bonds is 3. The maximum Gasteiger partial charge on any atom is 2.00 e. The molecule has 0 bridgehead atoms. The molecule has 12 heteroatoms. The Balaban J connectivity index is 0. The van der Waals surface area contributed by atoms with Gasteiger partial charge in [0.05, 0.1) is 30.2 Å². The molecule has 2 aromatic carbocycles. The third-order valence-electron chi connectivity index (χ3n) is 3.64. The van der Waals surface area contributed by atoms with Crippen molar-refractivity contribution in [3.05, 3.63) is 85.9 Å². The maximum absolute atomic E-state index is 11.4. The minimum atomic E-state index is -0.718. The molecule has 0 aliphatic heterocycles. The Kier molecular flexibility index (Phi) is 16.2. The molecule has 0 saturated carbocycles. The molecule has 0 atom stereocenters. The molecule has 3 aromatic rings. The zero-order chi connectivity index (χ0) is 22.8. The third kappa shape index (κ3) is 8.32. The standard InChI is InChI=1S/C10H8BrNO2.C8H6BrNO4.C2H3.BrH.Mg/c1-14-10(13)7-2-3-8(11)6-4-5-12-9(6)7;1-14-8(11)6-3-2-5(9)4-7(6)10(12)13;1-2;;/h2-5,12H,1H3;2-4H,1H3;1H,2H2;1H;/q;;-1;;+2/p-1. The van der Waals surface area contributed by atoms with E-state index in [4.69, 9.17) is 0 Å². The predicted molar refractivity (Wildman–Crippen MR) is 125 cm³/mol. The summed E-state index contributed by atoms with van der Waals surface area (Å²) < 4.78 is 10.6. The molecule has 0 radical (unpaired) electrons. The first-order valence-corrected chi connectivity index (χ1v) is 9.65. The number of esters is 2. The molecule has 0 amide bonds. The second-order valence-corrected chi connectivity index (χ2v) is 7.03. The van der Waals surface area contributed by atoms with Crippen molar-refractivity contribution in [1.29, 1.82) is 0 Å². The van der Waals surface area contributed by atoms with Crippen LogP contribution in [0.4, 0.5) is 5.69 Å². The van der Waals surface area contributed by atoms with Gasteiger partial charge in [-0.15, -0.1) is 0 Å². The maximum atomic E-state index is 11.4. The van der Waals surface area contributed by atoms with Crippen LogP contribution in [0.25, 0.3) is 10.9 Å². The molecule has 32 heavy (non-hydrogen) atoms. The zero-order valence-corrected chi connectivity index (χ0v) is 23.2. The second kappa shape index (κ2) is 16.0. The van der Waals surface area contributed by atoms with E-state index in [0.29, 0.717) is 10.0 Å². The molecule has 1 aromatic heterocycles. The number of aromatic nitrogens is 1. The van der Waals surface area contributed by atoms with Gasteiger partial charge in [0.2, 0.25) is 0 Å². The van der Waals surface area contributed by atoms with Gasteiger partial charge >= 0.3 is 35.0 Å². The molecule has 0 unspecified atom stereocenters. The van der Waals surface area contributed by atoms with Crippen molar-refractivity contribution in [2.75, 3.05) is 14.2 Å². The number of nitro groups is 1. The summed E-state index contributed by atoms with van der Waals surface area (Å²) in [6, 6.07) is 9.61. The summed E-state index contributed by atoms with van der Waals surface area (Å²) in [6.45, 7) is 7.00. The first-order valence-electron chi connectivity index (χ1n) is 8.07. The van der Waals surface area contributed by atoms with E-state index < -0.39 is 10.9 Å². The summed E-state index contributed by atoms with van der Waals surface area (Å²) in [6.07, 6.45) is 1.79. The van der Waals surface area contributed by atoms with Crippen LogP contribution in [0.1, 0.15) is 20.7 Å². The summed E-state index contributed by atoms with van der Waals surface area (Å²) in [7, 11) is 2.55. The number of hydrogen-bond acceptors (Lipinski definition) is 6. The fraction of sp³-hybridized carbons (Fsp3) is 0.100. The number of nitrogens with zero attached hydrogens (tertiary/aromatic N) is 1. The number of carbonyl (C=O) groups is 2. The molecule has 1 heterocycles. The molecule has 1 N–H and O–H groups in total. The van der Waals surface area contributed by atoms with Gasteiger partial charge in [-0.25, -0.2) is 9.59 Å².